The monoisotopic (exact) mass is 356 g/mol. The van der Waals surface area contributed by atoms with Crippen molar-refractivity contribution < 1.29 is 9.59 Å². The molecule has 3 rings (SSSR count). The van der Waals surface area contributed by atoms with Crippen molar-refractivity contribution in [3.63, 3.8) is 0 Å². The fourth-order valence-electron chi connectivity index (χ4n) is 3.37. The van der Waals surface area contributed by atoms with Gasteiger partial charge in [-0.2, -0.15) is 0 Å². The Kier molecular flexibility index (Phi) is 5.91. The number of imidazole rings is 1. The Morgan fingerprint density at radius 3 is 2.73 bits per heavy atom. The zero-order chi connectivity index (χ0) is 18.5. The number of rotatable bonds is 6. The molecule has 0 bridgehead atoms. The molecule has 0 spiro atoms. The molecule has 0 saturated carbocycles. The molecule has 2 amide bonds. The van der Waals surface area contributed by atoms with Crippen LogP contribution >= 0.6 is 0 Å². The molecule has 1 aliphatic rings. The number of pyridine rings is 1. The van der Waals surface area contributed by atoms with Crippen molar-refractivity contribution in [2.45, 2.75) is 46.0 Å². The Morgan fingerprint density at radius 2 is 2.00 bits per heavy atom. The largest absolute Gasteiger partial charge is 0.351 e. The van der Waals surface area contributed by atoms with Gasteiger partial charge in [0.1, 0.15) is 0 Å². The molecule has 0 atom stereocenters. The highest BCUT2D eigenvalue weighted by atomic mass is 16.2. The standard InChI is InChI=1S/C20H28N4O2/c1-3-4-6-11-21-19(25)17-16-8-5-7-12-24(16)18(22-17)20(26)23-13-9-15(2)10-14-23/h5,7-8,12,15H,3-4,6,9-11,13-14H2,1-2H3,(H,21,25). The summed E-state index contributed by atoms with van der Waals surface area (Å²) >= 11 is 0. The normalized spacial score (nSPS) is 15.4. The van der Waals surface area contributed by atoms with Gasteiger partial charge in [0.15, 0.2) is 5.69 Å². The SMILES string of the molecule is CCCCCNC(=O)c1nc(C(=O)N2CCC(C)CC2)n2ccccc12. The summed E-state index contributed by atoms with van der Waals surface area (Å²) in [6, 6.07) is 5.55. The Morgan fingerprint density at radius 1 is 1.23 bits per heavy atom. The topological polar surface area (TPSA) is 66.7 Å². The summed E-state index contributed by atoms with van der Waals surface area (Å²) in [4.78, 5) is 31.8. The Hall–Kier alpha value is -2.37. The van der Waals surface area contributed by atoms with Crippen LogP contribution in [0.4, 0.5) is 0 Å². The third-order valence-corrected chi connectivity index (χ3v) is 5.09. The van der Waals surface area contributed by atoms with Crippen LogP contribution in [-0.2, 0) is 0 Å². The van der Waals surface area contributed by atoms with E-state index in [1.54, 1.807) is 10.6 Å². The van der Waals surface area contributed by atoms with Crippen molar-refractivity contribution >= 4 is 17.3 Å². The van der Waals surface area contributed by atoms with Crippen LogP contribution in [0.2, 0.25) is 0 Å². The number of aromatic nitrogens is 2. The predicted molar refractivity (Wildman–Crippen MR) is 101 cm³/mol. The first-order valence-corrected chi connectivity index (χ1v) is 9.66. The first-order valence-electron chi connectivity index (χ1n) is 9.66. The first-order chi connectivity index (χ1) is 12.6. The van der Waals surface area contributed by atoms with Crippen LogP contribution in [0.5, 0.6) is 0 Å². The van der Waals surface area contributed by atoms with Gasteiger partial charge in [-0.3, -0.25) is 14.0 Å². The van der Waals surface area contributed by atoms with Crippen LogP contribution in [0.15, 0.2) is 24.4 Å². The molecule has 2 aromatic rings. The van der Waals surface area contributed by atoms with Crippen molar-refractivity contribution in [2.24, 2.45) is 5.92 Å². The number of nitrogens with zero attached hydrogens (tertiary/aromatic N) is 3. The van der Waals surface area contributed by atoms with Gasteiger partial charge in [-0.1, -0.05) is 32.8 Å². The van der Waals surface area contributed by atoms with Gasteiger partial charge >= 0.3 is 0 Å². The van der Waals surface area contributed by atoms with Gasteiger partial charge in [0.05, 0.1) is 5.52 Å². The van der Waals surface area contributed by atoms with E-state index in [0.717, 1.165) is 45.2 Å². The molecule has 6 nitrogen and oxygen atoms in total. The van der Waals surface area contributed by atoms with Crippen molar-refractivity contribution in [2.75, 3.05) is 19.6 Å². The van der Waals surface area contributed by atoms with Crippen molar-refractivity contribution in [1.82, 2.24) is 19.6 Å². The molecule has 1 saturated heterocycles. The predicted octanol–water partition coefficient (Wildman–Crippen LogP) is 3.13. The van der Waals surface area contributed by atoms with Crippen LogP contribution in [0.3, 0.4) is 0 Å². The molecule has 2 aromatic heterocycles. The fraction of sp³-hybridized carbons (Fsp3) is 0.550. The molecular formula is C20H28N4O2. The molecule has 1 aliphatic heterocycles. The van der Waals surface area contributed by atoms with E-state index in [1.165, 1.54) is 0 Å². The maximum atomic E-state index is 13.0. The second-order valence-corrected chi connectivity index (χ2v) is 7.18. The van der Waals surface area contributed by atoms with Crippen LogP contribution in [0.25, 0.3) is 5.52 Å². The average Bonchev–Trinajstić information content (AvgIpc) is 3.05. The minimum Gasteiger partial charge on any atom is -0.351 e. The summed E-state index contributed by atoms with van der Waals surface area (Å²) < 4.78 is 1.74. The third kappa shape index (κ3) is 3.89. The smallest absolute Gasteiger partial charge is 0.290 e. The molecule has 1 fully saturated rings. The Labute approximate surface area is 154 Å². The van der Waals surface area contributed by atoms with Gasteiger partial charge < -0.3 is 10.2 Å². The Bertz CT molecular complexity index is 775. The van der Waals surface area contributed by atoms with E-state index in [-0.39, 0.29) is 11.8 Å². The quantitative estimate of drug-likeness (QED) is 0.809. The van der Waals surface area contributed by atoms with E-state index in [1.807, 2.05) is 23.1 Å². The van der Waals surface area contributed by atoms with E-state index in [4.69, 9.17) is 0 Å². The minimum absolute atomic E-state index is 0.0943. The molecule has 0 radical (unpaired) electrons. The summed E-state index contributed by atoms with van der Waals surface area (Å²) in [7, 11) is 0. The number of fused-ring (bicyclic) bond motifs is 1. The lowest BCUT2D eigenvalue weighted by Gasteiger charge is -2.29. The summed E-state index contributed by atoms with van der Waals surface area (Å²) in [6.07, 6.45) is 6.97. The number of amides is 2. The van der Waals surface area contributed by atoms with Crippen LogP contribution in [0.1, 0.15) is 67.1 Å². The second kappa shape index (κ2) is 8.34. The average molecular weight is 356 g/mol. The van der Waals surface area contributed by atoms with E-state index >= 15 is 0 Å². The van der Waals surface area contributed by atoms with Crippen molar-refractivity contribution in [3.8, 4) is 0 Å². The van der Waals surface area contributed by atoms with Gasteiger partial charge in [0, 0.05) is 25.8 Å². The van der Waals surface area contributed by atoms with Crippen LogP contribution < -0.4 is 5.32 Å². The molecule has 140 valence electrons. The number of likely N-dealkylation sites (tertiary alicyclic amines) is 1. The molecule has 0 unspecified atom stereocenters. The van der Waals surface area contributed by atoms with Crippen molar-refractivity contribution in [3.05, 3.63) is 35.9 Å². The highest BCUT2D eigenvalue weighted by Gasteiger charge is 2.27. The molecule has 1 N–H and O–H groups in total. The van der Waals surface area contributed by atoms with Gasteiger partial charge in [-0.05, 0) is 37.3 Å². The summed E-state index contributed by atoms with van der Waals surface area (Å²) in [6.45, 7) is 6.48. The van der Waals surface area contributed by atoms with Crippen LogP contribution in [-0.4, -0.2) is 45.7 Å². The van der Waals surface area contributed by atoms with Gasteiger partial charge in [0.2, 0.25) is 5.82 Å². The highest BCUT2D eigenvalue weighted by Crippen LogP contribution is 2.20. The van der Waals surface area contributed by atoms with Gasteiger partial charge in [-0.25, -0.2) is 4.98 Å². The zero-order valence-corrected chi connectivity index (χ0v) is 15.7. The number of piperidine rings is 1. The molecule has 0 aliphatic carbocycles. The number of hydrogen-bond acceptors (Lipinski definition) is 3. The first kappa shape index (κ1) is 18.4. The number of hydrogen-bond donors (Lipinski definition) is 1. The van der Waals surface area contributed by atoms with E-state index in [9.17, 15) is 9.59 Å². The van der Waals surface area contributed by atoms with Crippen molar-refractivity contribution in [1.29, 1.82) is 0 Å². The number of carbonyl (C=O) groups excluding carboxylic acids is 2. The fourth-order valence-corrected chi connectivity index (χ4v) is 3.37. The lowest BCUT2D eigenvalue weighted by Crippen LogP contribution is -2.38. The molecule has 3 heterocycles. The van der Waals surface area contributed by atoms with E-state index in [2.05, 4.69) is 24.1 Å². The Balaban J connectivity index is 1.83. The third-order valence-electron chi connectivity index (χ3n) is 5.09. The summed E-state index contributed by atoms with van der Waals surface area (Å²) in [5.74, 6) is 0.675. The van der Waals surface area contributed by atoms with Crippen LogP contribution in [0, 0.1) is 5.92 Å². The molecule has 6 heteroatoms. The molecular weight excluding hydrogens is 328 g/mol. The lowest BCUT2D eigenvalue weighted by molar-refractivity contribution is 0.0684. The molecule has 26 heavy (non-hydrogen) atoms. The molecule has 0 aromatic carbocycles. The minimum atomic E-state index is -0.212. The number of carbonyl (C=O) groups is 2. The zero-order valence-electron chi connectivity index (χ0n) is 15.7. The lowest BCUT2D eigenvalue weighted by atomic mass is 9.99. The summed E-state index contributed by atoms with van der Waals surface area (Å²) in [5.41, 5.74) is 1.00. The maximum Gasteiger partial charge on any atom is 0.290 e. The van der Waals surface area contributed by atoms with Gasteiger partial charge in [0.25, 0.3) is 11.8 Å². The number of nitrogens with one attached hydrogen (secondary N) is 1. The van der Waals surface area contributed by atoms with Gasteiger partial charge in [-0.15, -0.1) is 0 Å². The van der Waals surface area contributed by atoms with E-state index in [0.29, 0.717) is 29.5 Å². The summed E-state index contributed by atoms with van der Waals surface area (Å²) in [5, 5.41) is 2.92. The second-order valence-electron chi connectivity index (χ2n) is 7.18. The number of unbranched alkanes of at least 4 members (excludes halogenated alkanes) is 2. The highest BCUT2D eigenvalue weighted by molar-refractivity contribution is 6.02. The van der Waals surface area contributed by atoms with E-state index < -0.39 is 0 Å². The maximum absolute atomic E-state index is 13.0.